The number of hydrogen-bond acceptors (Lipinski definition) is 4. The van der Waals surface area contributed by atoms with Crippen LogP contribution in [0.15, 0.2) is 22.7 Å². The topological polar surface area (TPSA) is 72.6 Å². The maximum absolute atomic E-state index is 11.3. The molecular formula is C13H12ClNO4. The first-order valence-corrected chi connectivity index (χ1v) is 6.02. The molecule has 1 aromatic heterocycles. The lowest BCUT2D eigenvalue weighted by molar-refractivity contribution is 0.0695. The van der Waals surface area contributed by atoms with Gasteiger partial charge in [0, 0.05) is 12.0 Å². The molecule has 0 bridgehead atoms. The number of halogens is 1. The van der Waals surface area contributed by atoms with Crippen molar-refractivity contribution < 1.29 is 19.2 Å². The van der Waals surface area contributed by atoms with Gasteiger partial charge in [0.25, 0.3) is 0 Å². The molecule has 0 atom stereocenters. The van der Waals surface area contributed by atoms with E-state index in [0.717, 1.165) is 0 Å². The van der Waals surface area contributed by atoms with Crippen LogP contribution in [0.1, 0.15) is 23.0 Å². The summed E-state index contributed by atoms with van der Waals surface area (Å²) in [6.45, 7) is 1.80. The summed E-state index contributed by atoms with van der Waals surface area (Å²) in [7, 11) is 1.51. The monoisotopic (exact) mass is 281 g/mol. The van der Waals surface area contributed by atoms with E-state index in [1.165, 1.54) is 7.11 Å². The first-order valence-electron chi connectivity index (χ1n) is 5.64. The lowest BCUT2D eigenvalue weighted by atomic mass is 10.1. The molecule has 1 aromatic carbocycles. The fourth-order valence-electron chi connectivity index (χ4n) is 1.80. The number of carboxylic acid groups (broad SMARTS) is 1. The molecule has 19 heavy (non-hydrogen) atoms. The standard InChI is InChI=1S/C13H12ClNO4/c1-3-9-11(13(16)17)12(15-19-9)7-4-5-10(18-2)8(14)6-7/h4-6H,3H2,1-2H3,(H,16,17). The second kappa shape index (κ2) is 5.32. The van der Waals surface area contributed by atoms with Crippen molar-refractivity contribution in [2.24, 2.45) is 0 Å². The number of aromatic nitrogens is 1. The van der Waals surface area contributed by atoms with Crippen molar-refractivity contribution >= 4 is 17.6 Å². The van der Waals surface area contributed by atoms with Crippen LogP contribution in [0.2, 0.25) is 5.02 Å². The van der Waals surface area contributed by atoms with Crippen LogP contribution in [0, 0.1) is 0 Å². The van der Waals surface area contributed by atoms with Crippen LogP contribution >= 0.6 is 11.6 Å². The summed E-state index contributed by atoms with van der Waals surface area (Å²) in [6.07, 6.45) is 0.457. The molecule has 0 aliphatic rings. The highest BCUT2D eigenvalue weighted by Crippen LogP contribution is 2.32. The molecule has 5 nitrogen and oxygen atoms in total. The quantitative estimate of drug-likeness (QED) is 0.931. The Balaban J connectivity index is 2.56. The fourth-order valence-corrected chi connectivity index (χ4v) is 2.05. The summed E-state index contributed by atoms with van der Waals surface area (Å²) < 4.78 is 10.1. The fraction of sp³-hybridized carbons (Fsp3) is 0.231. The number of ether oxygens (including phenoxy) is 1. The van der Waals surface area contributed by atoms with Crippen molar-refractivity contribution in [3.63, 3.8) is 0 Å². The Bertz CT molecular complexity index is 621. The second-order valence-corrected chi connectivity index (χ2v) is 4.24. The highest BCUT2D eigenvalue weighted by atomic mass is 35.5. The Morgan fingerprint density at radius 3 is 2.79 bits per heavy atom. The highest BCUT2D eigenvalue weighted by Gasteiger charge is 2.22. The largest absolute Gasteiger partial charge is 0.495 e. The number of hydrogen-bond donors (Lipinski definition) is 1. The predicted octanol–water partition coefficient (Wildman–Crippen LogP) is 3.26. The van der Waals surface area contributed by atoms with Crippen molar-refractivity contribution in [2.45, 2.75) is 13.3 Å². The Morgan fingerprint density at radius 1 is 1.53 bits per heavy atom. The summed E-state index contributed by atoms with van der Waals surface area (Å²) in [5, 5.41) is 13.4. The van der Waals surface area contributed by atoms with Gasteiger partial charge >= 0.3 is 5.97 Å². The van der Waals surface area contributed by atoms with E-state index in [0.29, 0.717) is 28.5 Å². The van der Waals surface area contributed by atoms with Crippen LogP contribution in [0.5, 0.6) is 5.75 Å². The molecule has 0 fully saturated rings. The highest BCUT2D eigenvalue weighted by molar-refractivity contribution is 6.32. The zero-order chi connectivity index (χ0) is 14.0. The van der Waals surface area contributed by atoms with Gasteiger partial charge in [0.2, 0.25) is 0 Å². The lowest BCUT2D eigenvalue weighted by Gasteiger charge is -2.04. The minimum atomic E-state index is -1.07. The molecule has 0 unspecified atom stereocenters. The summed E-state index contributed by atoms with van der Waals surface area (Å²) in [5.41, 5.74) is 0.921. The average molecular weight is 282 g/mol. The van der Waals surface area contributed by atoms with Crippen molar-refractivity contribution in [3.8, 4) is 17.0 Å². The maximum atomic E-state index is 11.3. The third-order valence-electron chi connectivity index (χ3n) is 2.72. The number of benzene rings is 1. The van der Waals surface area contributed by atoms with Gasteiger partial charge in [-0.25, -0.2) is 4.79 Å². The van der Waals surface area contributed by atoms with Gasteiger partial charge in [0.15, 0.2) is 5.76 Å². The van der Waals surface area contributed by atoms with Crippen molar-refractivity contribution in [1.82, 2.24) is 5.16 Å². The molecule has 2 rings (SSSR count). The number of methoxy groups -OCH3 is 1. The van der Waals surface area contributed by atoms with E-state index in [-0.39, 0.29) is 11.3 Å². The van der Waals surface area contributed by atoms with Gasteiger partial charge in [-0.05, 0) is 18.2 Å². The van der Waals surface area contributed by atoms with Gasteiger partial charge < -0.3 is 14.4 Å². The van der Waals surface area contributed by atoms with Gasteiger partial charge in [-0.15, -0.1) is 0 Å². The van der Waals surface area contributed by atoms with Gasteiger partial charge in [-0.3, -0.25) is 0 Å². The van der Waals surface area contributed by atoms with Gasteiger partial charge in [0.05, 0.1) is 12.1 Å². The molecule has 100 valence electrons. The van der Waals surface area contributed by atoms with E-state index >= 15 is 0 Å². The van der Waals surface area contributed by atoms with Crippen LogP contribution in [-0.2, 0) is 6.42 Å². The molecule has 0 spiro atoms. The van der Waals surface area contributed by atoms with E-state index in [1.807, 2.05) is 0 Å². The Labute approximate surface area is 114 Å². The summed E-state index contributed by atoms with van der Waals surface area (Å²) in [5.74, 6) is -0.212. The first-order chi connectivity index (χ1) is 9.08. The van der Waals surface area contributed by atoms with Crippen LogP contribution < -0.4 is 4.74 Å². The molecule has 1 N–H and O–H groups in total. The van der Waals surface area contributed by atoms with Crippen LogP contribution in [0.3, 0.4) is 0 Å². The van der Waals surface area contributed by atoms with Crippen molar-refractivity contribution in [1.29, 1.82) is 0 Å². The molecule has 2 aromatic rings. The molecule has 6 heteroatoms. The SMILES string of the molecule is CCc1onc(-c2ccc(OC)c(Cl)c2)c1C(=O)O. The number of nitrogens with zero attached hydrogens (tertiary/aromatic N) is 1. The zero-order valence-electron chi connectivity index (χ0n) is 10.4. The predicted molar refractivity (Wildman–Crippen MR) is 69.8 cm³/mol. The van der Waals surface area contributed by atoms with E-state index in [9.17, 15) is 9.90 Å². The zero-order valence-corrected chi connectivity index (χ0v) is 11.2. The number of rotatable bonds is 4. The number of carbonyl (C=O) groups is 1. The Hall–Kier alpha value is -2.01. The summed E-state index contributed by atoms with van der Waals surface area (Å²) in [4.78, 5) is 11.3. The molecule has 1 heterocycles. The molecule has 0 radical (unpaired) electrons. The number of carboxylic acids is 1. The van der Waals surface area contributed by atoms with E-state index in [2.05, 4.69) is 5.16 Å². The Morgan fingerprint density at radius 2 is 2.26 bits per heavy atom. The second-order valence-electron chi connectivity index (χ2n) is 3.84. The van der Waals surface area contributed by atoms with E-state index in [1.54, 1.807) is 25.1 Å². The lowest BCUT2D eigenvalue weighted by Crippen LogP contribution is -2.00. The minimum Gasteiger partial charge on any atom is -0.495 e. The molecular weight excluding hydrogens is 270 g/mol. The van der Waals surface area contributed by atoms with Gasteiger partial charge in [-0.2, -0.15) is 0 Å². The Kier molecular flexibility index (Phi) is 3.76. The third kappa shape index (κ3) is 2.42. The van der Waals surface area contributed by atoms with Crippen molar-refractivity contribution in [3.05, 3.63) is 34.5 Å². The summed E-state index contributed by atoms with van der Waals surface area (Å²) >= 11 is 6.02. The molecule has 0 aliphatic heterocycles. The minimum absolute atomic E-state index is 0.0729. The van der Waals surface area contributed by atoms with E-state index in [4.69, 9.17) is 20.9 Å². The van der Waals surface area contributed by atoms with Crippen molar-refractivity contribution in [2.75, 3.05) is 7.11 Å². The average Bonchev–Trinajstić information content (AvgIpc) is 2.82. The molecule has 0 aliphatic carbocycles. The molecule has 0 saturated heterocycles. The van der Waals surface area contributed by atoms with Crippen LogP contribution in [0.4, 0.5) is 0 Å². The third-order valence-corrected chi connectivity index (χ3v) is 3.02. The molecule has 0 amide bonds. The van der Waals surface area contributed by atoms with Gasteiger partial charge in [-0.1, -0.05) is 23.7 Å². The summed E-state index contributed by atoms with van der Waals surface area (Å²) in [6, 6.07) is 4.95. The normalized spacial score (nSPS) is 10.5. The maximum Gasteiger partial charge on any atom is 0.341 e. The van der Waals surface area contributed by atoms with Crippen LogP contribution in [0.25, 0.3) is 11.3 Å². The van der Waals surface area contributed by atoms with E-state index < -0.39 is 5.97 Å². The number of aryl methyl sites for hydroxylation is 1. The number of aromatic carboxylic acids is 1. The van der Waals surface area contributed by atoms with Crippen LogP contribution in [-0.4, -0.2) is 23.3 Å². The first kappa shape index (κ1) is 13.4. The smallest absolute Gasteiger partial charge is 0.341 e. The molecule has 0 saturated carbocycles. The van der Waals surface area contributed by atoms with Gasteiger partial charge in [0.1, 0.15) is 17.0 Å².